The molecule has 2 aromatic rings. The Hall–Kier alpha value is -1.65. The van der Waals surface area contributed by atoms with Gasteiger partial charge in [0.15, 0.2) is 0 Å². The maximum Gasteiger partial charge on any atom is 0.123 e. The molecule has 20 heavy (non-hydrogen) atoms. The van der Waals surface area contributed by atoms with E-state index in [0.717, 1.165) is 24.2 Å². The predicted molar refractivity (Wildman–Crippen MR) is 81.2 cm³/mol. The summed E-state index contributed by atoms with van der Waals surface area (Å²) < 4.78 is 12.9. The number of aromatic nitrogens is 1. The standard InChI is InChI=1S/C16H22FN3/c1-20(2)8-7-13(10-18)14-9-16(19-11-14)12-3-5-15(17)6-4-12/h3-6,9,11,13,19H,7-8,10,18H2,1-2H3. The van der Waals surface area contributed by atoms with Gasteiger partial charge in [0.05, 0.1) is 0 Å². The molecule has 2 rings (SSSR count). The fourth-order valence-corrected chi connectivity index (χ4v) is 2.28. The lowest BCUT2D eigenvalue weighted by atomic mass is 9.97. The van der Waals surface area contributed by atoms with E-state index in [9.17, 15) is 4.39 Å². The lowest BCUT2D eigenvalue weighted by Crippen LogP contribution is -2.20. The van der Waals surface area contributed by atoms with Crippen molar-refractivity contribution < 1.29 is 4.39 Å². The summed E-state index contributed by atoms with van der Waals surface area (Å²) in [4.78, 5) is 5.42. The van der Waals surface area contributed by atoms with Crippen LogP contribution in [-0.2, 0) is 0 Å². The first-order valence-electron chi connectivity index (χ1n) is 6.89. The molecule has 0 radical (unpaired) electrons. The molecular weight excluding hydrogens is 253 g/mol. The van der Waals surface area contributed by atoms with Crippen LogP contribution in [0.3, 0.4) is 0 Å². The summed E-state index contributed by atoms with van der Waals surface area (Å²) in [7, 11) is 4.13. The van der Waals surface area contributed by atoms with Crippen LogP contribution in [0, 0.1) is 5.82 Å². The second kappa shape index (κ2) is 6.68. The molecule has 4 heteroatoms. The van der Waals surface area contributed by atoms with E-state index in [1.165, 1.54) is 17.7 Å². The van der Waals surface area contributed by atoms with Crippen LogP contribution in [0.1, 0.15) is 17.9 Å². The van der Waals surface area contributed by atoms with Crippen LogP contribution in [0.25, 0.3) is 11.3 Å². The monoisotopic (exact) mass is 275 g/mol. The molecule has 0 aliphatic heterocycles. The molecule has 3 N–H and O–H groups in total. The molecule has 0 saturated heterocycles. The Morgan fingerprint density at radius 2 is 1.95 bits per heavy atom. The molecule has 0 aliphatic rings. The SMILES string of the molecule is CN(C)CCC(CN)c1c[nH]c(-c2ccc(F)cc2)c1. The second-order valence-electron chi connectivity index (χ2n) is 5.38. The maximum absolute atomic E-state index is 12.9. The Balaban J connectivity index is 2.12. The number of hydrogen-bond donors (Lipinski definition) is 2. The largest absolute Gasteiger partial charge is 0.361 e. The molecule has 108 valence electrons. The Morgan fingerprint density at radius 3 is 2.55 bits per heavy atom. The van der Waals surface area contributed by atoms with Crippen molar-refractivity contribution in [3.63, 3.8) is 0 Å². The zero-order chi connectivity index (χ0) is 14.5. The summed E-state index contributed by atoms with van der Waals surface area (Å²) in [6, 6.07) is 8.62. The van der Waals surface area contributed by atoms with Gasteiger partial charge in [-0.25, -0.2) is 4.39 Å². The summed E-state index contributed by atoms with van der Waals surface area (Å²) in [5.41, 5.74) is 9.08. The van der Waals surface area contributed by atoms with E-state index in [2.05, 4.69) is 30.0 Å². The number of benzene rings is 1. The van der Waals surface area contributed by atoms with Crippen LogP contribution in [0.4, 0.5) is 4.39 Å². The number of halogens is 1. The minimum Gasteiger partial charge on any atom is -0.361 e. The minimum atomic E-state index is -0.216. The van der Waals surface area contributed by atoms with Crippen LogP contribution in [-0.4, -0.2) is 37.1 Å². The highest BCUT2D eigenvalue weighted by atomic mass is 19.1. The van der Waals surface area contributed by atoms with E-state index in [0.29, 0.717) is 12.5 Å². The summed E-state index contributed by atoms with van der Waals surface area (Å²) in [5, 5.41) is 0. The number of hydrogen-bond acceptors (Lipinski definition) is 2. The van der Waals surface area contributed by atoms with Crippen molar-refractivity contribution in [2.24, 2.45) is 5.73 Å². The van der Waals surface area contributed by atoms with Gasteiger partial charge in [0.1, 0.15) is 5.82 Å². The van der Waals surface area contributed by atoms with E-state index in [-0.39, 0.29) is 5.82 Å². The molecule has 1 unspecified atom stereocenters. The van der Waals surface area contributed by atoms with Gasteiger partial charge in [-0.15, -0.1) is 0 Å². The van der Waals surface area contributed by atoms with Gasteiger partial charge in [0.2, 0.25) is 0 Å². The van der Waals surface area contributed by atoms with Gasteiger partial charge in [-0.05, 0) is 81.0 Å². The Labute approximate surface area is 119 Å². The van der Waals surface area contributed by atoms with Crippen molar-refractivity contribution in [2.75, 3.05) is 27.2 Å². The Morgan fingerprint density at radius 1 is 1.25 bits per heavy atom. The number of H-pyrrole nitrogens is 1. The number of aromatic amines is 1. The highest BCUT2D eigenvalue weighted by Gasteiger charge is 2.12. The fraction of sp³-hybridized carbons (Fsp3) is 0.375. The van der Waals surface area contributed by atoms with Gasteiger partial charge in [-0.2, -0.15) is 0 Å². The summed E-state index contributed by atoms with van der Waals surface area (Å²) in [6.07, 6.45) is 3.04. The zero-order valence-electron chi connectivity index (χ0n) is 12.1. The lowest BCUT2D eigenvalue weighted by molar-refractivity contribution is 0.382. The van der Waals surface area contributed by atoms with Gasteiger partial charge in [-0.3, -0.25) is 0 Å². The molecule has 3 nitrogen and oxygen atoms in total. The highest BCUT2D eigenvalue weighted by molar-refractivity contribution is 5.60. The lowest BCUT2D eigenvalue weighted by Gasteiger charge is -2.16. The molecular formula is C16H22FN3. The summed E-state index contributed by atoms with van der Waals surface area (Å²) >= 11 is 0. The van der Waals surface area contributed by atoms with E-state index < -0.39 is 0 Å². The summed E-state index contributed by atoms with van der Waals surface area (Å²) in [6.45, 7) is 1.65. The number of nitrogens with two attached hydrogens (primary N) is 1. The van der Waals surface area contributed by atoms with Gasteiger partial charge < -0.3 is 15.6 Å². The first-order valence-corrected chi connectivity index (χ1v) is 6.89. The number of nitrogens with one attached hydrogen (secondary N) is 1. The molecule has 1 aromatic carbocycles. The molecule has 0 aliphatic carbocycles. The number of nitrogens with zero attached hydrogens (tertiary/aromatic N) is 1. The van der Waals surface area contributed by atoms with Crippen molar-refractivity contribution in [2.45, 2.75) is 12.3 Å². The van der Waals surface area contributed by atoms with Crippen LogP contribution in [0.5, 0.6) is 0 Å². The minimum absolute atomic E-state index is 0.216. The normalized spacial score (nSPS) is 12.8. The fourth-order valence-electron chi connectivity index (χ4n) is 2.28. The van der Waals surface area contributed by atoms with Crippen molar-refractivity contribution >= 4 is 0 Å². The average Bonchev–Trinajstić information content (AvgIpc) is 2.89. The molecule has 0 amide bonds. The van der Waals surface area contributed by atoms with Crippen molar-refractivity contribution in [3.05, 3.63) is 47.9 Å². The average molecular weight is 275 g/mol. The smallest absolute Gasteiger partial charge is 0.123 e. The third-order valence-corrected chi connectivity index (χ3v) is 3.54. The third-order valence-electron chi connectivity index (χ3n) is 3.54. The van der Waals surface area contributed by atoms with Gasteiger partial charge in [0.25, 0.3) is 0 Å². The topological polar surface area (TPSA) is 45.0 Å². The molecule has 0 bridgehead atoms. The molecule has 0 saturated carbocycles. The van der Waals surface area contributed by atoms with Crippen molar-refractivity contribution in [3.8, 4) is 11.3 Å². The van der Waals surface area contributed by atoms with Crippen molar-refractivity contribution in [1.29, 1.82) is 0 Å². The Bertz CT molecular complexity index is 531. The second-order valence-corrected chi connectivity index (χ2v) is 5.38. The van der Waals surface area contributed by atoms with Crippen LogP contribution in [0.2, 0.25) is 0 Å². The van der Waals surface area contributed by atoms with Crippen LogP contribution in [0.15, 0.2) is 36.5 Å². The van der Waals surface area contributed by atoms with Gasteiger partial charge in [-0.1, -0.05) is 0 Å². The maximum atomic E-state index is 12.9. The zero-order valence-corrected chi connectivity index (χ0v) is 12.1. The highest BCUT2D eigenvalue weighted by Crippen LogP contribution is 2.25. The third kappa shape index (κ3) is 3.68. The van der Waals surface area contributed by atoms with Crippen molar-refractivity contribution in [1.82, 2.24) is 9.88 Å². The molecule has 1 aromatic heterocycles. The van der Waals surface area contributed by atoms with Crippen LogP contribution < -0.4 is 5.73 Å². The molecule has 0 spiro atoms. The number of rotatable bonds is 6. The first kappa shape index (κ1) is 14.8. The molecule has 1 atom stereocenters. The summed E-state index contributed by atoms with van der Waals surface area (Å²) in [5.74, 6) is 0.134. The van der Waals surface area contributed by atoms with Gasteiger partial charge in [0, 0.05) is 11.9 Å². The van der Waals surface area contributed by atoms with E-state index in [4.69, 9.17) is 5.73 Å². The van der Waals surface area contributed by atoms with Gasteiger partial charge >= 0.3 is 0 Å². The quantitative estimate of drug-likeness (QED) is 0.851. The molecule has 1 heterocycles. The van der Waals surface area contributed by atoms with E-state index in [1.54, 1.807) is 12.1 Å². The van der Waals surface area contributed by atoms with E-state index >= 15 is 0 Å². The van der Waals surface area contributed by atoms with E-state index in [1.807, 2.05) is 6.20 Å². The molecule has 0 fully saturated rings. The first-order chi connectivity index (χ1) is 9.60. The van der Waals surface area contributed by atoms with Crippen LogP contribution >= 0.6 is 0 Å². The predicted octanol–water partition coefficient (Wildman–Crippen LogP) is 2.81. The Kier molecular flexibility index (Phi) is 4.93.